The fourth-order valence-electron chi connectivity index (χ4n) is 3.31. The number of benzene rings is 1. The van der Waals surface area contributed by atoms with Gasteiger partial charge in [0.1, 0.15) is 12.1 Å². The van der Waals surface area contributed by atoms with Gasteiger partial charge in [-0.3, -0.25) is 4.79 Å². The van der Waals surface area contributed by atoms with Gasteiger partial charge in [0.15, 0.2) is 0 Å². The second-order valence-corrected chi connectivity index (χ2v) is 6.39. The molecule has 0 radical (unpaired) electrons. The second-order valence-electron chi connectivity index (χ2n) is 6.39. The Morgan fingerprint density at radius 1 is 1.24 bits per heavy atom. The lowest BCUT2D eigenvalue weighted by atomic mass is 9.94. The van der Waals surface area contributed by atoms with Crippen LogP contribution in [-0.4, -0.2) is 38.5 Å². The zero-order chi connectivity index (χ0) is 20.4. The first-order chi connectivity index (χ1) is 14.0. The third-order valence-electron chi connectivity index (χ3n) is 4.60. The van der Waals surface area contributed by atoms with Crippen LogP contribution in [0, 0.1) is 12.3 Å². The van der Waals surface area contributed by atoms with E-state index in [4.69, 9.17) is 11.5 Å². The number of terminal acetylenes is 1. The van der Waals surface area contributed by atoms with Gasteiger partial charge in [-0.2, -0.15) is 0 Å². The average Bonchev–Trinajstić information content (AvgIpc) is 3.14. The molecule has 1 atom stereocenters. The zero-order valence-corrected chi connectivity index (χ0v) is 15.1. The van der Waals surface area contributed by atoms with E-state index in [0.29, 0.717) is 12.1 Å². The molecule has 2 aromatic heterocycles. The molecule has 3 N–H and O–H groups in total. The van der Waals surface area contributed by atoms with Crippen molar-refractivity contribution in [3.8, 4) is 12.3 Å². The van der Waals surface area contributed by atoms with E-state index in [9.17, 15) is 9.59 Å². The van der Waals surface area contributed by atoms with Crippen molar-refractivity contribution >= 4 is 34.3 Å². The van der Waals surface area contributed by atoms with Crippen LogP contribution >= 0.6 is 0 Å². The predicted octanol–water partition coefficient (Wildman–Crippen LogP) is 2.14. The van der Waals surface area contributed by atoms with Crippen LogP contribution in [0.5, 0.6) is 0 Å². The van der Waals surface area contributed by atoms with Gasteiger partial charge in [0.25, 0.3) is 0 Å². The summed E-state index contributed by atoms with van der Waals surface area (Å²) in [6, 6.07) is 7.50. The van der Waals surface area contributed by atoms with Gasteiger partial charge in [-0.1, -0.05) is 12.0 Å². The largest absolute Gasteiger partial charge is 0.478 e. The van der Waals surface area contributed by atoms with Crippen molar-refractivity contribution in [2.45, 2.75) is 5.92 Å². The van der Waals surface area contributed by atoms with Crippen molar-refractivity contribution in [3.05, 3.63) is 65.8 Å². The first kappa shape index (κ1) is 18.1. The number of aromatic nitrogens is 3. The van der Waals surface area contributed by atoms with Crippen molar-refractivity contribution in [3.63, 3.8) is 0 Å². The summed E-state index contributed by atoms with van der Waals surface area (Å²) in [6.07, 6.45) is 10.2. The number of hydrogen-bond acceptors (Lipinski definition) is 6. The summed E-state index contributed by atoms with van der Waals surface area (Å²) >= 11 is 0. The number of pyridine rings is 1. The summed E-state index contributed by atoms with van der Waals surface area (Å²) < 4.78 is 0. The van der Waals surface area contributed by atoms with Crippen LogP contribution in [0.25, 0.3) is 10.9 Å². The topological polar surface area (TPSA) is 117 Å². The number of aliphatic carboxylic acids is 1. The number of carbonyl (C=O) groups excluding carboxylic acids is 1. The van der Waals surface area contributed by atoms with Crippen LogP contribution in [0.4, 0.5) is 11.5 Å². The van der Waals surface area contributed by atoms with Gasteiger partial charge in [-0.15, -0.1) is 6.42 Å². The fraction of sp³-hybridized carbons (Fsp3) is 0.0952. The third kappa shape index (κ3) is 3.61. The highest BCUT2D eigenvalue weighted by Crippen LogP contribution is 2.38. The molecule has 29 heavy (non-hydrogen) atoms. The summed E-state index contributed by atoms with van der Waals surface area (Å²) in [6.45, 7) is 0.654. The lowest BCUT2D eigenvalue weighted by Crippen LogP contribution is -2.11. The Hall–Kier alpha value is -4.25. The van der Waals surface area contributed by atoms with Crippen LogP contribution in [0.2, 0.25) is 0 Å². The standard InChI is InChI=1S/C21H15N5O3/c1-2-12-3-4-13-15(9-22-16(13)7-12)21-14-8-18(23-10-17(14)24-11-25-21)26-19(27)5-6-20(28)29/h1,3-8,10-11,15,22H,9H2,(H,28,29)(H,23,26,27). The Morgan fingerprint density at radius 2 is 2.10 bits per heavy atom. The van der Waals surface area contributed by atoms with Gasteiger partial charge in [0.2, 0.25) is 5.91 Å². The molecule has 1 aliphatic heterocycles. The van der Waals surface area contributed by atoms with Crippen molar-refractivity contribution in [2.24, 2.45) is 0 Å². The molecule has 0 saturated carbocycles. The summed E-state index contributed by atoms with van der Waals surface area (Å²) in [4.78, 5) is 35.3. The molecule has 1 amide bonds. The van der Waals surface area contributed by atoms with Gasteiger partial charge in [-0.25, -0.2) is 19.7 Å². The van der Waals surface area contributed by atoms with E-state index in [1.165, 1.54) is 6.33 Å². The average molecular weight is 385 g/mol. The number of hydrogen-bond donors (Lipinski definition) is 3. The highest BCUT2D eigenvalue weighted by atomic mass is 16.4. The summed E-state index contributed by atoms with van der Waals surface area (Å²) in [5.74, 6) is 1.10. The molecule has 3 aromatic rings. The number of carboxylic acids is 1. The molecule has 0 bridgehead atoms. The third-order valence-corrected chi connectivity index (χ3v) is 4.60. The summed E-state index contributed by atoms with van der Waals surface area (Å²) in [5, 5.41) is 15.3. The highest BCUT2D eigenvalue weighted by molar-refractivity contribution is 6.02. The lowest BCUT2D eigenvalue weighted by Gasteiger charge is -2.13. The molecule has 1 aromatic carbocycles. The maximum atomic E-state index is 11.9. The number of rotatable bonds is 4. The smallest absolute Gasteiger partial charge is 0.328 e. The molecule has 1 aliphatic rings. The molecular formula is C21H15N5O3. The Balaban J connectivity index is 1.71. The Morgan fingerprint density at radius 3 is 2.90 bits per heavy atom. The van der Waals surface area contributed by atoms with E-state index >= 15 is 0 Å². The summed E-state index contributed by atoms with van der Waals surface area (Å²) in [5.41, 5.74) is 4.29. The molecule has 142 valence electrons. The maximum Gasteiger partial charge on any atom is 0.328 e. The van der Waals surface area contributed by atoms with E-state index in [-0.39, 0.29) is 11.7 Å². The molecule has 0 fully saturated rings. The van der Waals surface area contributed by atoms with Gasteiger partial charge in [0, 0.05) is 41.3 Å². The van der Waals surface area contributed by atoms with Crippen LogP contribution in [0.15, 0.2) is 48.9 Å². The number of carboxylic acid groups (broad SMARTS) is 1. The lowest BCUT2D eigenvalue weighted by molar-refractivity contribution is -0.131. The second kappa shape index (κ2) is 7.40. The van der Waals surface area contributed by atoms with Crippen LogP contribution in [-0.2, 0) is 9.59 Å². The number of anilines is 2. The quantitative estimate of drug-likeness (QED) is 0.465. The molecule has 3 heterocycles. The minimum absolute atomic E-state index is 0.0137. The minimum Gasteiger partial charge on any atom is -0.478 e. The van der Waals surface area contributed by atoms with E-state index in [1.807, 2.05) is 18.2 Å². The Labute approximate surface area is 165 Å². The van der Waals surface area contributed by atoms with Crippen molar-refractivity contribution in [2.75, 3.05) is 17.2 Å². The molecule has 8 nitrogen and oxygen atoms in total. The van der Waals surface area contributed by atoms with Gasteiger partial charge in [0.05, 0.1) is 17.4 Å². The molecule has 1 unspecified atom stereocenters. The zero-order valence-electron chi connectivity index (χ0n) is 15.1. The molecule has 0 spiro atoms. The van der Waals surface area contributed by atoms with Gasteiger partial charge in [-0.05, 0) is 23.8 Å². The number of nitrogens with one attached hydrogen (secondary N) is 2. The molecule has 8 heteroatoms. The number of carbonyl (C=O) groups is 2. The number of nitrogens with zero attached hydrogens (tertiary/aromatic N) is 3. The first-order valence-corrected chi connectivity index (χ1v) is 8.72. The van der Waals surface area contributed by atoms with Crippen molar-refractivity contribution in [1.82, 2.24) is 15.0 Å². The van der Waals surface area contributed by atoms with E-state index < -0.39 is 11.9 Å². The Kier molecular flexibility index (Phi) is 4.63. The van der Waals surface area contributed by atoms with Gasteiger partial charge < -0.3 is 15.7 Å². The van der Waals surface area contributed by atoms with E-state index in [2.05, 4.69) is 31.5 Å². The van der Waals surface area contributed by atoms with Gasteiger partial charge >= 0.3 is 5.97 Å². The van der Waals surface area contributed by atoms with E-state index in [0.717, 1.165) is 40.0 Å². The van der Waals surface area contributed by atoms with E-state index in [1.54, 1.807) is 12.3 Å². The monoisotopic (exact) mass is 385 g/mol. The minimum atomic E-state index is -1.21. The van der Waals surface area contributed by atoms with Crippen molar-refractivity contribution in [1.29, 1.82) is 0 Å². The highest BCUT2D eigenvalue weighted by Gasteiger charge is 2.27. The molecule has 4 rings (SSSR count). The SMILES string of the molecule is C#Cc1ccc2c(c1)NCC2c1ncnc2cnc(NC(=O)C=CC(=O)O)cc12. The first-order valence-electron chi connectivity index (χ1n) is 8.72. The number of amides is 1. The Bertz CT molecular complexity index is 1210. The number of fused-ring (bicyclic) bond motifs is 2. The maximum absolute atomic E-state index is 11.9. The molecular weight excluding hydrogens is 370 g/mol. The van der Waals surface area contributed by atoms with Crippen molar-refractivity contribution < 1.29 is 14.7 Å². The van der Waals surface area contributed by atoms with Crippen LogP contribution < -0.4 is 10.6 Å². The summed E-state index contributed by atoms with van der Waals surface area (Å²) in [7, 11) is 0. The normalized spacial score (nSPS) is 14.9. The van der Waals surface area contributed by atoms with Crippen LogP contribution in [0.3, 0.4) is 0 Å². The molecule has 0 saturated heterocycles. The molecule has 0 aliphatic carbocycles. The van der Waals surface area contributed by atoms with Crippen LogP contribution in [0.1, 0.15) is 22.7 Å². The fourth-order valence-corrected chi connectivity index (χ4v) is 3.31. The predicted molar refractivity (Wildman–Crippen MR) is 107 cm³/mol.